The molecule has 8 heteroatoms. The highest BCUT2D eigenvalue weighted by Crippen LogP contribution is 2.42. The highest BCUT2D eigenvalue weighted by Gasteiger charge is 2.28. The molecule has 1 amide bonds. The summed E-state index contributed by atoms with van der Waals surface area (Å²) in [5, 5.41) is 16.4. The van der Waals surface area contributed by atoms with Gasteiger partial charge in [-0.1, -0.05) is 22.9 Å². The number of amides is 1. The fourth-order valence-corrected chi connectivity index (χ4v) is 2.61. The van der Waals surface area contributed by atoms with Gasteiger partial charge in [0.15, 0.2) is 0 Å². The van der Waals surface area contributed by atoms with Crippen LogP contribution in [0.1, 0.15) is 34.1 Å². The molecule has 2 aromatic heterocycles. The van der Waals surface area contributed by atoms with E-state index in [1.54, 1.807) is 7.05 Å². The molecule has 2 heterocycles. The summed E-state index contributed by atoms with van der Waals surface area (Å²) in [7, 11) is 1.68. The van der Waals surface area contributed by atoms with Crippen LogP contribution in [0, 0.1) is 0 Å². The Hall–Kier alpha value is -1.47. The Morgan fingerprint density at radius 1 is 1.56 bits per heavy atom. The summed E-state index contributed by atoms with van der Waals surface area (Å²) in [4.78, 5) is 11.9. The van der Waals surface area contributed by atoms with E-state index in [4.69, 9.17) is 11.6 Å². The molecule has 18 heavy (non-hydrogen) atoms. The van der Waals surface area contributed by atoms with E-state index in [-0.39, 0.29) is 5.91 Å². The van der Waals surface area contributed by atoms with Gasteiger partial charge in [0.2, 0.25) is 5.13 Å². The van der Waals surface area contributed by atoms with Gasteiger partial charge in [-0.3, -0.25) is 14.8 Å². The summed E-state index contributed by atoms with van der Waals surface area (Å²) in [5.74, 6) is 0.224. The predicted molar refractivity (Wildman–Crippen MR) is 68.1 cm³/mol. The zero-order chi connectivity index (χ0) is 12.7. The number of anilines is 1. The van der Waals surface area contributed by atoms with E-state index in [0.717, 1.165) is 17.8 Å². The van der Waals surface area contributed by atoms with Gasteiger partial charge in [-0.2, -0.15) is 5.10 Å². The Bertz CT molecular complexity index is 603. The summed E-state index contributed by atoms with van der Waals surface area (Å²) < 4.78 is 1.44. The number of carbonyl (C=O) groups is 1. The molecule has 2 aromatic rings. The van der Waals surface area contributed by atoms with E-state index >= 15 is 0 Å². The highest BCUT2D eigenvalue weighted by molar-refractivity contribution is 7.15. The van der Waals surface area contributed by atoms with E-state index in [0.29, 0.717) is 21.8 Å². The topological polar surface area (TPSA) is 72.7 Å². The van der Waals surface area contributed by atoms with Crippen molar-refractivity contribution in [3.63, 3.8) is 0 Å². The van der Waals surface area contributed by atoms with Gasteiger partial charge in [0.25, 0.3) is 5.91 Å². The third kappa shape index (κ3) is 2.11. The number of carbonyl (C=O) groups excluding carboxylic acids is 1. The van der Waals surface area contributed by atoms with Crippen LogP contribution in [-0.2, 0) is 7.05 Å². The minimum atomic E-state index is -0.313. The number of hydrogen-bond donors (Lipinski definition) is 1. The maximum absolute atomic E-state index is 11.9. The van der Waals surface area contributed by atoms with Gasteiger partial charge < -0.3 is 0 Å². The minimum absolute atomic E-state index is 0.305. The molecular weight excluding hydrogens is 274 g/mol. The first-order valence-corrected chi connectivity index (χ1v) is 6.67. The average Bonchev–Trinajstić information content (AvgIpc) is 3.01. The van der Waals surface area contributed by atoms with Gasteiger partial charge in [-0.05, 0) is 12.8 Å². The van der Waals surface area contributed by atoms with Crippen molar-refractivity contribution < 1.29 is 4.79 Å². The molecule has 0 radical (unpaired) electrons. The molecule has 0 aromatic carbocycles. The van der Waals surface area contributed by atoms with Crippen molar-refractivity contribution in [1.82, 2.24) is 20.0 Å². The normalized spacial score (nSPS) is 14.8. The first-order chi connectivity index (χ1) is 8.65. The Labute approximate surface area is 112 Å². The SMILES string of the molecule is Cn1ncc(C(=O)Nc2nnc(C3CC3)s2)c1Cl. The largest absolute Gasteiger partial charge is 0.296 e. The monoisotopic (exact) mass is 283 g/mol. The number of aromatic nitrogens is 4. The molecule has 0 aliphatic heterocycles. The second kappa shape index (κ2) is 4.33. The molecule has 0 bridgehead atoms. The van der Waals surface area contributed by atoms with E-state index in [1.165, 1.54) is 22.2 Å². The first-order valence-electron chi connectivity index (χ1n) is 5.47. The molecular formula is C10H10ClN5OS. The predicted octanol–water partition coefficient (Wildman–Crippen LogP) is 2.05. The molecule has 1 fully saturated rings. The van der Waals surface area contributed by atoms with E-state index in [1.807, 2.05) is 0 Å². The fourth-order valence-electron chi connectivity index (χ4n) is 1.52. The molecule has 1 aliphatic rings. The van der Waals surface area contributed by atoms with Gasteiger partial charge in [0.05, 0.1) is 11.8 Å². The van der Waals surface area contributed by atoms with Crippen molar-refractivity contribution >= 4 is 34.0 Å². The van der Waals surface area contributed by atoms with Gasteiger partial charge in [-0.15, -0.1) is 10.2 Å². The fraction of sp³-hybridized carbons (Fsp3) is 0.400. The lowest BCUT2D eigenvalue weighted by Gasteiger charge is -1.98. The Kier molecular flexibility index (Phi) is 2.79. The van der Waals surface area contributed by atoms with Crippen molar-refractivity contribution in [3.8, 4) is 0 Å². The Morgan fingerprint density at radius 2 is 2.33 bits per heavy atom. The Balaban J connectivity index is 1.75. The van der Waals surface area contributed by atoms with Gasteiger partial charge in [0, 0.05) is 13.0 Å². The molecule has 1 aliphatic carbocycles. The van der Waals surface area contributed by atoms with Crippen LogP contribution in [0.25, 0.3) is 0 Å². The third-order valence-electron chi connectivity index (χ3n) is 2.70. The van der Waals surface area contributed by atoms with Gasteiger partial charge in [-0.25, -0.2) is 0 Å². The zero-order valence-corrected chi connectivity index (χ0v) is 11.1. The second-order valence-corrected chi connectivity index (χ2v) is 5.51. The molecule has 0 saturated heterocycles. The molecule has 6 nitrogen and oxygen atoms in total. The van der Waals surface area contributed by atoms with Crippen molar-refractivity contribution in [2.24, 2.45) is 7.05 Å². The number of aryl methyl sites for hydroxylation is 1. The zero-order valence-electron chi connectivity index (χ0n) is 9.55. The maximum atomic E-state index is 11.9. The quantitative estimate of drug-likeness (QED) is 0.936. The third-order valence-corrected chi connectivity index (χ3v) is 4.15. The standard InChI is InChI=1S/C10H10ClN5OS/c1-16-7(11)6(4-12-16)8(17)13-10-15-14-9(18-10)5-2-3-5/h4-5H,2-3H2,1H3,(H,13,15,17). The van der Waals surface area contributed by atoms with Crippen LogP contribution >= 0.6 is 22.9 Å². The van der Waals surface area contributed by atoms with Crippen molar-refractivity contribution in [3.05, 3.63) is 21.9 Å². The van der Waals surface area contributed by atoms with E-state index in [2.05, 4.69) is 20.6 Å². The summed E-state index contributed by atoms with van der Waals surface area (Å²) in [6.45, 7) is 0. The number of rotatable bonds is 3. The number of nitrogens with zero attached hydrogens (tertiary/aromatic N) is 4. The number of halogens is 1. The summed E-state index contributed by atoms with van der Waals surface area (Å²) in [6, 6.07) is 0. The first kappa shape index (κ1) is 11.6. The minimum Gasteiger partial charge on any atom is -0.296 e. The highest BCUT2D eigenvalue weighted by atomic mass is 35.5. The molecule has 94 valence electrons. The van der Waals surface area contributed by atoms with Crippen molar-refractivity contribution in [2.75, 3.05) is 5.32 Å². The van der Waals surface area contributed by atoms with Crippen LogP contribution in [0.2, 0.25) is 5.15 Å². The molecule has 0 spiro atoms. The van der Waals surface area contributed by atoms with Crippen LogP contribution in [-0.4, -0.2) is 25.9 Å². The van der Waals surface area contributed by atoms with Gasteiger partial charge in [0.1, 0.15) is 10.2 Å². The molecule has 0 unspecified atom stereocenters. The van der Waals surface area contributed by atoms with Crippen molar-refractivity contribution in [2.45, 2.75) is 18.8 Å². The second-order valence-electron chi connectivity index (χ2n) is 4.15. The lowest BCUT2D eigenvalue weighted by Crippen LogP contribution is -2.11. The van der Waals surface area contributed by atoms with Crippen molar-refractivity contribution in [1.29, 1.82) is 0 Å². The van der Waals surface area contributed by atoms with Crippen LogP contribution in [0.15, 0.2) is 6.20 Å². The molecule has 0 atom stereocenters. The lowest BCUT2D eigenvalue weighted by atomic mass is 10.3. The molecule has 1 N–H and O–H groups in total. The van der Waals surface area contributed by atoms with Crippen LogP contribution in [0.3, 0.4) is 0 Å². The van der Waals surface area contributed by atoms with E-state index < -0.39 is 0 Å². The maximum Gasteiger partial charge on any atom is 0.262 e. The summed E-state index contributed by atoms with van der Waals surface area (Å²) in [5.41, 5.74) is 0.335. The Morgan fingerprint density at radius 3 is 2.94 bits per heavy atom. The molecule has 1 saturated carbocycles. The van der Waals surface area contributed by atoms with Gasteiger partial charge >= 0.3 is 0 Å². The lowest BCUT2D eigenvalue weighted by molar-refractivity contribution is 0.102. The summed E-state index contributed by atoms with van der Waals surface area (Å²) >= 11 is 7.36. The molecule has 3 rings (SSSR count). The van der Waals surface area contributed by atoms with Crippen LogP contribution in [0.4, 0.5) is 5.13 Å². The van der Waals surface area contributed by atoms with E-state index in [9.17, 15) is 4.79 Å². The average molecular weight is 284 g/mol. The van der Waals surface area contributed by atoms with Crippen LogP contribution < -0.4 is 5.32 Å². The summed E-state index contributed by atoms with van der Waals surface area (Å²) in [6.07, 6.45) is 3.76. The number of hydrogen-bond acceptors (Lipinski definition) is 5. The smallest absolute Gasteiger partial charge is 0.262 e. The van der Waals surface area contributed by atoms with Crippen LogP contribution in [0.5, 0.6) is 0 Å². The number of nitrogens with one attached hydrogen (secondary N) is 1.